The average molecular weight is 392 g/mol. The minimum atomic E-state index is -0.744. The SMILES string of the molecule is CCc1ccc2c(F)c(-c3cc(F)c(-c4ccc(OC)cc4)c(F)c3)ccc2c1. The van der Waals surface area contributed by atoms with Gasteiger partial charge in [-0.1, -0.05) is 49.4 Å². The number of halogens is 3. The Kier molecular flexibility index (Phi) is 5.01. The van der Waals surface area contributed by atoms with E-state index >= 15 is 4.39 Å². The predicted molar refractivity (Wildman–Crippen MR) is 111 cm³/mol. The summed E-state index contributed by atoms with van der Waals surface area (Å²) in [6.07, 6.45) is 0.850. The molecular formula is C25H19F3O. The van der Waals surface area contributed by atoms with E-state index < -0.39 is 17.5 Å². The first-order chi connectivity index (χ1) is 14.0. The first-order valence-corrected chi connectivity index (χ1v) is 9.36. The molecule has 0 aliphatic heterocycles. The topological polar surface area (TPSA) is 9.23 Å². The lowest BCUT2D eigenvalue weighted by Gasteiger charge is -2.12. The Labute approximate surface area is 167 Å². The number of aryl methyl sites for hydroxylation is 1. The molecule has 0 fully saturated rings. The van der Waals surface area contributed by atoms with Crippen LogP contribution in [0.2, 0.25) is 0 Å². The number of benzene rings is 4. The molecule has 0 radical (unpaired) electrons. The molecule has 0 spiro atoms. The zero-order valence-corrected chi connectivity index (χ0v) is 16.1. The van der Waals surface area contributed by atoms with Crippen molar-refractivity contribution in [3.05, 3.63) is 89.7 Å². The van der Waals surface area contributed by atoms with Crippen LogP contribution in [-0.4, -0.2) is 7.11 Å². The van der Waals surface area contributed by atoms with Crippen LogP contribution >= 0.6 is 0 Å². The second kappa shape index (κ2) is 7.63. The Bertz CT molecular complexity index is 1170. The van der Waals surface area contributed by atoms with Crippen LogP contribution in [0.15, 0.2) is 66.7 Å². The lowest BCUT2D eigenvalue weighted by atomic mass is 9.96. The summed E-state index contributed by atoms with van der Waals surface area (Å²) in [6, 6.07) is 17.6. The normalized spacial score (nSPS) is 11.1. The van der Waals surface area contributed by atoms with Gasteiger partial charge in [0.25, 0.3) is 0 Å². The summed E-state index contributed by atoms with van der Waals surface area (Å²) in [5, 5.41) is 1.20. The predicted octanol–water partition coefficient (Wildman–Crippen LogP) is 7.16. The second-order valence-corrected chi connectivity index (χ2v) is 6.88. The summed E-state index contributed by atoms with van der Waals surface area (Å²) in [7, 11) is 1.52. The van der Waals surface area contributed by atoms with E-state index in [1.54, 1.807) is 42.5 Å². The third-order valence-electron chi connectivity index (χ3n) is 5.16. The third-order valence-corrected chi connectivity index (χ3v) is 5.16. The van der Waals surface area contributed by atoms with Gasteiger partial charge in [-0.2, -0.15) is 0 Å². The van der Waals surface area contributed by atoms with Crippen molar-refractivity contribution in [3.63, 3.8) is 0 Å². The average Bonchev–Trinajstić information content (AvgIpc) is 2.73. The third kappa shape index (κ3) is 3.46. The summed E-state index contributed by atoms with van der Waals surface area (Å²) in [5.41, 5.74) is 1.67. The molecule has 0 atom stereocenters. The maximum atomic E-state index is 15.1. The summed E-state index contributed by atoms with van der Waals surface area (Å²) in [6.45, 7) is 2.03. The van der Waals surface area contributed by atoms with Crippen molar-refractivity contribution in [3.8, 4) is 28.0 Å². The van der Waals surface area contributed by atoms with E-state index in [2.05, 4.69) is 0 Å². The molecule has 0 unspecified atom stereocenters. The second-order valence-electron chi connectivity index (χ2n) is 6.88. The van der Waals surface area contributed by atoms with Gasteiger partial charge < -0.3 is 4.74 Å². The molecule has 4 heteroatoms. The Hall–Kier alpha value is -3.27. The Morgan fingerprint density at radius 1 is 0.759 bits per heavy atom. The van der Waals surface area contributed by atoms with Gasteiger partial charge in [0.2, 0.25) is 0 Å². The summed E-state index contributed by atoms with van der Waals surface area (Å²) < 4.78 is 49.8. The molecule has 29 heavy (non-hydrogen) atoms. The highest BCUT2D eigenvalue weighted by molar-refractivity contribution is 5.89. The van der Waals surface area contributed by atoms with E-state index in [0.29, 0.717) is 16.7 Å². The van der Waals surface area contributed by atoms with Crippen molar-refractivity contribution in [1.82, 2.24) is 0 Å². The highest BCUT2D eigenvalue weighted by atomic mass is 19.1. The number of rotatable bonds is 4. The van der Waals surface area contributed by atoms with E-state index in [9.17, 15) is 8.78 Å². The van der Waals surface area contributed by atoms with Crippen LogP contribution in [0.25, 0.3) is 33.0 Å². The number of hydrogen-bond donors (Lipinski definition) is 0. The molecular weight excluding hydrogens is 373 g/mol. The van der Waals surface area contributed by atoms with Gasteiger partial charge in [0.05, 0.1) is 12.7 Å². The lowest BCUT2D eigenvalue weighted by Crippen LogP contribution is -1.95. The fourth-order valence-electron chi connectivity index (χ4n) is 3.55. The van der Waals surface area contributed by atoms with Crippen LogP contribution in [-0.2, 0) is 6.42 Å². The van der Waals surface area contributed by atoms with E-state index in [-0.39, 0.29) is 16.7 Å². The van der Waals surface area contributed by atoms with E-state index in [1.165, 1.54) is 19.2 Å². The van der Waals surface area contributed by atoms with Gasteiger partial charge in [-0.05, 0) is 52.8 Å². The largest absolute Gasteiger partial charge is 0.497 e. The molecule has 0 bridgehead atoms. The zero-order valence-electron chi connectivity index (χ0n) is 16.1. The van der Waals surface area contributed by atoms with Gasteiger partial charge in [-0.3, -0.25) is 0 Å². The molecule has 0 aliphatic carbocycles. The quantitative estimate of drug-likeness (QED) is 0.358. The first-order valence-electron chi connectivity index (χ1n) is 9.36. The fourth-order valence-corrected chi connectivity index (χ4v) is 3.55. The van der Waals surface area contributed by atoms with Crippen molar-refractivity contribution < 1.29 is 17.9 Å². The maximum absolute atomic E-state index is 15.1. The maximum Gasteiger partial charge on any atom is 0.138 e. The molecule has 0 aromatic heterocycles. The first kappa shape index (κ1) is 19.1. The number of ether oxygens (including phenoxy) is 1. The van der Waals surface area contributed by atoms with Crippen molar-refractivity contribution in [2.24, 2.45) is 0 Å². The van der Waals surface area contributed by atoms with Crippen LogP contribution < -0.4 is 4.74 Å². The lowest BCUT2D eigenvalue weighted by molar-refractivity contribution is 0.415. The molecule has 146 valence electrons. The molecule has 0 saturated heterocycles. The molecule has 4 rings (SSSR count). The molecule has 0 saturated carbocycles. The van der Waals surface area contributed by atoms with Gasteiger partial charge in [-0.15, -0.1) is 0 Å². The molecule has 0 heterocycles. The minimum Gasteiger partial charge on any atom is -0.497 e. The van der Waals surface area contributed by atoms with Crippen LogP contribution in [0.4, 0.5) is 13.2 Å². The minimum absolute atomic E-state index is 0.148. The standard InChI is InChI=1S/C25H19F3O/c1-3-15-4-10-20-17(12-15)7-11-21(25(20)28)18-13-22(26)24(23(27)14-18)16-5-8-19(29-2)9-6-16/h4-14H,3H2,1-2H3. The van der Waals surface area contributed by atoms with Crippen molar-refractivity contribution in [2.45, 2.75) is 13.3 Å². The smallest absolute Gasteiger partial charge is 0.138 e. The van der Waals surface area contributed by atoms with Crippen LogP contribution in [0, 0.1) is 17.5 Å². The highest BCUT2D eigenvalue weighted by Crippen LogP contribution is 2.35. The van der Waals surface area contributed by atoms with Crippen LogP contribution in [0.3, 0.4) is 0 Å². The van der Waals surface area contributed by atoms with Gasteiger partial charge in [0.15, 0.2) is 0 Å². The van der Waals surface area contributed by atoms with Gasteiger partial charge in [0.1, 0.15) is 23.2 Å². The van der Waals surface area contributed by atoms with E-state index in [0.717, 1.165) is 17.4 Å². The molecule has 1 nitrogen and oxygen atoms in total. The number of methoxy groups -OCH3 is 1. The number of hydrogen-bond acceptors (Lipinski definition) is 1. The van der Waals surface area contributed by atoms with E-state index in [1.807, 2.05) is 19.1 Å². The van der Waals surface area contributed by atoms with Crippen molar-refractivity contribution in [1.29, 1.82) is 0 Å². The Balaban J connectivity index is 1.81. The Morgan fingerprint density at radius 2 is 1.45 bits per heavy atom. The fraction of sp³-hybridized carbons (Fsp3) is 0.120. The summed E-state index contributed by atoms with van der Waals surface area (Å²) >= 11 is 0. The molecule has 0 amide bonds. The monoisotopic (exact) mass is 392 g/mol. The van der Waals surface area contributed by atoms with Crippen LogP contribution in [0.5, 0.6) is 5.75 Å². The number of fused-ring (bicyclic) bond motifs is 1. The molecule has 4 aromatic rings. The van der Waals surface area contributed by atoms with Gasteiger partial charge in [-0.25, -0.2) is 13.2 Å². The van der Waals surface area contributed by atoms with Gasteiger partial charge >= 0.3 is 0 Å². The molecule has 0 aliphatic rings. The zero-order chi connectivity index (χ0) is 20.5. The van der Waals surface area contributed by atoms with Gasteiger partial charge in [0, 0.05) is 10.9 Å². The van der Waals surface area contributed by atoms with E-state index in [4.69, 9.17) is 4.74 Å². The highest BCUT2D eigenvalue weighted by Gasteiger charge is 2.17. The van der Waals surface area contributed by atoms with Crippen molar-refractivity contribution >= 4 is 10.8 Å². The Morgan fingerprint density at radius 3 is 2.07 bits per heavy atom. The molecule has 4 aromatic carbocycles. The van der Waals surface area contributed by atoms with Crippen LogP contribution in [0.1, 0.15) is 12.5 Å². The molecule has 0 N–H and O–H groups in total. The summed E-state index contributed by atoms with van der Waals surface area (Å²) in [4.78, 5) is 0. The van der Waals surface area contributed by atoms with Crippen molar-refractivity contribution in [2.75, 3.05) is 7.11 Å². The summed E-state index contributed by atoms with van der Waals surface area (Å²) in [5.74, 6) is -1.38.